The molecule has 0 aromatic heterocycles. The Morgan fingerprint density at radius 2 is 1.65 bits per heavy atom. The van der Waals surface area contributed by atoms with Crippen LogP contribution in [0, 0.1) is 6.92 Å². The summed E-state index contributed by atoms with van der Waals surface area (Å²) < 4.78 is 27.0. The van der Waals surface area contributed by atoms with Gasteiger partial charge in [0.05, 0.1) is 11.9 Å². The number of para-hydroxylation sites is 1. The number of anilines is 1. The number of sulfonamides is 1. The molecule has 0 aliphatic carbocycles. The lowest BCUT2D eigenvalue weighted by molar-refractivity contribution is -0.141. The van der Waals surface area contributed by atoms with E-state index < -0.39 is 34.1 Å². The fourth-order valence-corrected chi connectivity index (χ4v) is 5.07. The quantitative estimate of drug-likeness (QED) is 0.504. The van der Waals surface area contributed by atoms with Crippen molar-refractivity contribution in [3.8, 4) is 0 Å². The van der Waals surface area contributed by atoms with Crippen LogP contribution in [0.1, 0.15) is 45.2 Å². The molecule has 0 saturated carbocycles. The van der Waals surface area contributed by atoms with Gasteiger partial charge in [-0.2, -0.15) is 0 Å². The van der Waals surface area contributed by atoms with Gasteiger partial charge in [0.1, 0.15) is 12.6 Å². The number of aryl methyl sites for hydroxylation is 1. The Kier molecular flexibility index (Phi) is 9.30. The van der Waals surface area contributed by atoms with Crippen LogP contribution in [0.5, 0.6) is 0 Å². The Hall–Kier alpha value is -2.39. The molecular weight excluding hydrogens is 518 g/mol. The van der Waals surface area contributed by atoms with Crippen LogP contribution in [-0.2, 0) is 26.2 Å². The highest BCUT2D eigenvalue weighted by Crippen LogP contribution is 2.28. The molecular formula is C25H34BrN3O4S. The minimum absolute atomic E-state index is 0.190. The Labute approximate surface area is 211 Å². The molecule has 0 radical (unpaired) electrons. The number of hydrogen-bond acceptors (Lipinski definition) is 4. The number of amides is 2. The van der Waals surface area contributed by atoms with Crippen LogP contribution in [0.25, 0.3) is 0 Å². The SMILES string of the molecule is CCC(C(=O)NC(C)(C)C)N(Cc1ccccc1C)C(=O)CN(c1ccccc1Br)S(C)(=O)=O. The van der Waals surface area contributed by atoms with Gasteiger partial charge in [-0.3, -0.25) is 13.9 Å². The van der Waals surface area contributed by atoms with Crippen molar-refractivity contribution in [2.45, 2.75) is 59.2 Å². The zero-order valence-corrected chi connectivity index (χ0v) is 23.0. The zero-order valence-electron chi connectivity index (χ0n) is 20.6. The molecule has 2 aromatic carbocycles. The van der Waals surface area contributed by atoms with Crippen molar-refractivity contribution in [3.63, 3.8) is 0 Å². The van der Waals surface area contributed by atoms with Gasteiger partial charge in [0.25, 0.3) is 0 Å². The first-order chi connectivity index (χ1) is 15.7. The standard InChI is InChI=1S/C25H34BrN3O4S/c1-7-21(24(31)27-25(3,4)5)28(16-19-13-9-8-12-18(19)2)23(30)17-29(34(6,32)33)22-15-11-10-14-20(22)26/h8-15,21H,7,16-17H2,1-6H3,(H,27,31). The number of carbonyl (C=O) groups is 2. The molecule has 0 bridgehead atoms. The van der Waals surface area contributed by atoms with Gasteiger partial charge in [0.15, 0.2) is 0 Å². The Morgan fingerprint density at radius 3 is 2.18 bits per heavy atom. The van der Waals surface area contributed by atoms with Crippen LogP contribution < -0.4 is 9.62 Å². The molecule has 34 heavy (non-hydrogen) atoms. The number of halogens is 1. The fraction of sp³-hybridized carbons (Fsp3) is 0.440. The molecule has 9 heteroatoms. The molecule has 2 aromatic rings. The lowest BCUT2D eigenvalue weighted by Gasteiger charge is -2.35. The van der Waals surface area contributed by atoms with Gasteiger partial charge in [0.2, 0.25) is 21.8 Å². The molecule has 0 saturated heterocycles. The molecule has 1 atom stereocenters. The molecule has 1 N–H and O–H groups in total. The average molecular weight is 553 g/mol. The summed E-state index contributed by atoms with van der Waals surface area (Å²) in [5, 5.41) is 2.96. The Bertz CT molecular complexity index is 1130. The highest BCUT2D eigenvalue weighted by atomic mass is 79.9. The van der Waals surface area contributed by atoms with E-state index in [9.17, 15) is 18.0 Å². The lowest BCUT2D eigenvalue weighted by Crippen LogP contribution is -2.55. The predicted molar refractivity (Wildman–Crippen MR) is 140 cm³/mol. The van der Waals surface area contributed by atoms with Crippen molar-refractivity contribution < 1.29 is 18.0 Å². The van der Waals surface area contributed by atoms with Gasteiger partial charge in [-0.1, -0.05) is 43.3 Å². The molecule has 2 amide bonds. The Morgan fingerprint density at radius 1 is 1.06 bits per heavy atom. The van der Waals surface area contributed by atoms with Gasteiger partial charge >= 0.3 is 0 Å². The highest BCUT2D eigenvalue weighted by Gasteiger charge is 2.33. The molecule has 0 aliphatic heterocycles. The van der Waals surface area contributed by atoms with E-state index in [0.717, 1.165) is 21.7 Å². The van der Waals surface area contributed by atoms with E-state index >= 15 is 0 Å². The fourth-order valence-electron chi connectivity index (χ4n) is 3.59. The van der Waals surface area contributed by atoms with E-state index in [1.165, 1.54) is 4.90 Å². The largest absolute Gasteiger partial charge is 0.350 e. The van der Waals surface area contributed by atoms with Gasteiger partial charge in [-0.05, 0) is 73.3 Å². The second kappa shape index (κ2) is 11.4. The van der Waals surface area contributed by atoms with Crippen molar-refractivity contribution in [2.75, 3.05) is 17.1 Å². The second-order valence-electron chi connectivity index (χ2n) is 9.33. The van der Waals surface area contributed by atoms with Gasteiger partial charge in [0, 0.05) is 16.6 Å². The van der Waals surface area contributed by atoms with Gasteiger partial charge in [-0.25, -0.2) is 8.42 Å². The third-order valence-corrected chi connectivity index (χ3v) is 7.08. The third kappa shape index (κ3) is 7.56. The van der Waals surface area contributed by atoms with E-state index in [2.05, 4.69) is 21.2 Å². The molecule has 0 aliphatic rings. The molecule has 0 heterocycles. The summed E-state index contributed by atoms with van der Waals surface area (Å²) >= 11 is 3.38. The number of benzene rings is 2. The topological polar surface area (TPSA) is 86.8 Å². The minimum atomic E-state index is -3.78. The van der Waals surface area contributed by atoms with Crippen molar-refractivity contribution in [1.82, 2.24) is 10.2 Å². The lowest BCUT2D eigenvalue weighted by atomic mass is 10.0. The average Bonchev–Trinajstić information content (AvgIpc) is 2.71. The third-order valence-electron chi connectivity index (χ3n) is 5.29. The van der Waals surface area contributed by atoms with Crippen molar-refractivity contribution >= 4 is 43.5 Å². The predicted octanol–water partition coefficient (Wildman–Crippen LogP) is 4.25. The van der Waals surface area contributed by atoms with E-state index in [1.807, 2.05) is 58.9 Å². The first-order valence-electron chi connectivity index (χ1n) is 11.1. The summed E-state index contributed by atoms with van der Waals surface area (Å²) in [7, 11) is -3.78. The molecule has 0 fully saturated rings. The highest BCUT2D eigenvalue weighted by molar-refractivity contribution is 9.10. The smallest absolute Gasteiger partial charge is 0.244 e. The molecule has 186 valence electrons. The van der Waals surface area contributed by atoms with Crippen LogP contribution in [0.2, 0.25) is 0 Å². The second-order valence-corrected chi connectivity index (χ2v) is 12.1. The summed E-state index contributed by atoms with van der Waals surface area (Å²) in [6.45, 7) is 9.18. The summed E-state index contributed by atoms with van der Waals surface area (Å²) in [4.78, 5) is 28.4. The molecule has 7 nitrogen and oxygen atoms in total. The monoisotopic (exact) mass is 551 g/mol. The zero-order chi connectivity index (χ0) is 25.7. The van der Waals surface area contributed by atoms with Crippen molar-refractivity contribution in [3.05, 3.63) is 64.1 Å². The van der Waals surface area contributed by atoms with E-state index in [-0.39, 0.29) is 12.5 Å². The number of nitrogens with zero attached hydrogens (tertiary/aromatic N) is 2. The molecule has 0 spiro atoms. The normalized spacial score (nSPS) is 12.7. The maximum atomic E-state index is 13.7. The first-order valence-corrected chi connectivity index (χ1v) is 13.8. The molecule has 1 unspecified atom stereocenters. The summed E-state index contributed by atoms with van der Waals surface area (Å²) in [5.41, 5.74) is 1.76. The van der Waals surface area contributed by atoms with Crippen LogP contribution in [-0.4, -0.2) is 49.5 Å². The van der Waals surface area contributed by atoms with Crippen LogP contribution >= 0.6 is 15.9 Å². The van der Waals surface area contributed by atoms with Crippen molar-refractivity contribution in [1.29, 1.82) is 0 Å². The number of rotatable bonds is 9. The van der Waals surface area contributed by atoms with Gasteiger partial charge in [-0.15, -0.1) is 0 Å². The molecule has 2 rings (SSSR count). The van der Waals surface area contributed by atoms with E-state index in [4.69, 9.17) is 0 Å². The van der Waals surface area contributed by atoms with Gasteiger partial charge < -0.3 is 10.2 Å². The minimum Gasteiger partial charge on any atom is -0.350 e. The first kappa shape index (κ1) is 27.9. The van der Waals surface area contributed by atoms with Crippen LogP contribution in [0.15, 0.2) is 53.0 Å². The Balaban J connectivity index is 2.49. The number of carbonyl (C=O) groups excluding carboxylic acids is 2. The van der Waals surface area contributed by atoms with E-state index in [0.29, 0.717) is 16.6 Å². The van der Waals surface area contributed by atoms with E-state index in [1.54, 1.807) is 24.3 Å². The summed E-state index contributed by atoms with van der Waals surface area (Å²) in [5.74, 6) is -0.732. The number of nitrogens with one attached hydrogen (secondary N) is 1. The number of hydrogen-bond donors (Lipinski definition) is 1. The maximum Gasteiger partial charge on any atom is 0.244 e. The van der Waals surface area contributed by atoms with Crippen molar-refractivity contribution in [2.24, 2.45) is 0 Å². The van der Waals surface area contributed by atoms with Crippen LogP contribution in [0.3, 0.4) is 0 Å². The van der Waals surface area contributed by atoms with Crippen LogP contribution in [0.4, 0.5) is 5.69 Å². The summed E-state index contributed by atoms with van der Waals surface area (Å²) in [6, 6.07) is 13.7. The summed E-state index contributed by atoms with van der Waals surface area (Å²) in [6.07, 6.45) is 1.45. The maximum absolute atomic E-state index is 13.7.